The minimum absolute atomic E-state index is 0.0164. The molecule has 8 nitrogen and oxygen atoms in total. The lowest BCUT2D eigenvalue weighted by Gasteiger charge is -2.27. The predicted octanol–water partition coefficient (Wildman–Crippen LogP) is 2.22. The Morgan fingerprint density at radius 1 is 1.30 bits per heavy atom. The highest BCUT2D eigenvalue weighted by Gasteiger charge is 2.26. The van der Waals surface area contributed by atoms with E-state index in [-0.39, 0.29) is 22.3 Å². The first-order valence-corrected chi connectivity index (χ1v) is 11.7. The monoisotopic (exact) mass is 457 g/mol. The number of aromatic nitrogens is 2. The Morgan fingerprint density at radius 2 is 2.00 bits per heavy atom. The highest BCUT2D eigenvalue weighted by molar-refractivity contribution is 7.89. The molecule has 1 fully saturated rings. The number of benzene rings is 1. The van der Waals surface area contributed by atoms with Gasteiger partial charge in [0.1, 0.15) is 0 Å². The standard InChI is InChI=1S/C19H25ClFN5O3S/c1-22-14-5-3-12(4-6-14)10-30(28,29)25-24-19(27)15-7-13(8-16(20)18(15)21)17-9-26(2)11-23-17/h7-9,11-12,14,22,25H,3-6,10H2,1-2H3,(H,24,27)/t12-,14+. The smallest absolute Gasteiger partial charge is 0.269 e. The number of nitrogens with zero attached hydrogens (tertiary/aromatic N) is 2. The van der Waals surface area contributed by atoms with Gasteiger partial charge in [-0.1, -0.05) is 11.6 Å². The number of hydrogen-bond donors (Lipinski definition) is 3. The van der Waals surface area contributed by atoms with Gasteiger partial charge in [-0.3, -0.25) is 10.2 Å². The van der Waals surface area contributed by atoms with Gasteiger partial charge in [0, 0.05) is 24.8 Å². The molecule has 0 radical (unpaired) electrons. The van der Waals surface area contributed by atoms with Gasteiger partial charge >= 0.3 is 0 Å². The van der Waals surface area contributed by atoms with Gasteiger partial charge in [-0.15, -0.1) is 4.83 Å². The van der Waals surface area contributed by atoms with E-state index < -0.39 is 21.7 Å². The molecule has 1 aliphatic rings. The first kappa shape index (κ1) is 22.7. The van der Waals surface area contributed by atoms with Crippen LogP contribution in [0, 0.1) is 11.7 Å². The van der Waals surface area contributed by atoms with Crippen molar-refractivity contribution in [3.63, 3.8) is 0 Å². The van der Waals surface area contributed by atoms with Crippen LogP contribution in [0.15, 0.2) is 24.7 Å². The Bertz CT molecular complexity index is 1020. The second-order valence-electron chi connectivity index (χ2n) is 7.59. The Hall–Kier alpha value is -2.01. The average Bonchev–Trinajstić information content (AvgIpc) is 3.15. The zero-order chi connectivity index (χ0) is 21.9. The maximum absolute atomic E-state index is 14.4. The van der Waals surface area contributed by atoms with E-state index in [4.69, 9.17) is 11.6 Å². The van der Waals surface area contributed by atoms with Gasteiger partial charge in [0.25, 0.3) is 5.91 Å². The Kier molecular flexibility index (Phi) is 7.12. The van der Waals surface area contributed by atoms with Crippen LogP contribution in [0.1, 0.15) is 36.0 Å². The van der Waals surface area contributed by atoms with Gasteiger partial charge in [-0.25, -0.2) is 17.8 Å². The van der Waals surface area contributed by atoms with Crippen molar-refractivity contribution in [3.05, 3.63) is 41.1 Å². The van der Waals surface area contributed by atoms with Gasteiger partial charge in [-0.05, 0) is 50.8 Å². The van der Waals surface area contributed by atoms with Crippen LogP contribution in [0.4, 0.5) is 4.39 Å². The maximum atomic E-state index is 14.4. The first-order chi connectivity index (χ1) is 14.2. The maximum Gasteiger partial charge on any atom is 0.269 e. The minimum atomic E-state index is -3.76. The number of halogens is 2. The van der Waals surface area contributed by atoms with E-state index in [1.165, 1.54) is 12.1 Å². The molecule has 1 aromatic heterocycles. The van der Waals surface area contributed by atoms with Gasteiger partial charge in [0.05, 0.1) is 28.4 Å². The molecule has 1 aliphatic carbocycles. The number of rotatable bonds is 7. The molecule has 0 bridgehead atoms. The van der Waals surface area contributed by atoms with Crippen molar-refractivity contribution in [3.8, 4) is 11.3 Å². The fourth-order valence-electron chi connectivity index (χ4n) is 3.63. The zero-order valence-electron chi connectivity index (χ0n) is 16.8. The van der Waals surface area contributed by atoms with E-state index in [0.717, 1.165) is 25.7 Å². The molecule has 3 N–H and O–H groups in total. The fraction of sp³-hybridized carbons (Fsp3) is 0.474. The molecule has 11 heteroatoms. The summed E-state index contributed by atoms with van der Waals surface area (Å²) in [5.74, 6) is -1.95. The molecule has 1 heterocycles. The number of amides is 1. The molecule has 0 unspecified atom stereocenters. The third-order valence-electron chi connectivity index (χ3n) is 5.30. The average molecular weight is 458 g/mol. The lowest BCUT2D eigenvalue weighted by molar-refractivity contribution is 0.0941. The van der Waals surface area contributed by atoms with Crippen molar-refractivity contribution in [2.24, 2.45) is 13.0 Å². The molecule has 2 aromatic rings. The number of imidazole rings is 1. The van der Waals surface area contributed by atoms with Crippen LogP contribution >= 0.6 is 11.6 Å². The summed E-state index contributed by atoms with van der Waals surface area (Å²) in [5, 5.41) is 2.94. The number of carbonyl (C=O) groups is 1. The lowest BCUT2D eigenvalue weighted by Crippen LogP contribution is -2.44. The third kappa shape index (κ3) is 5.57. The van der Waals surface area contributed by atoms with Crippen LogP contribution in [-0.2, 0) is 17.1 Å². The fourth-order valence-corrected chi connectivity index (χ4v) is 5.13. The Balaban J connectivity index is 1.66. The summed E-state index contributed by atoms with van der Waals surface area (Å²) in [6.07, 6.45) is 6.65. The van der Waals surface area contributed by atoms with E-state index in [1.54, 1.807) is 24.1 Å². The van der Waals surface area contributed by atoms with Crippen LogP contribution in [-0.4, -0.2) is 42.7 Å². The van der Waals surface area contributed by atoms with Crippen LogP contribution in [0.25, 0.3) is 11.3 Å². The van der Waals surface area contributed by atoms with Crippen LogP contribution < -0.4 is 15.6 Å². The summed E-state index contributed by atoms with van der Waals surface area (Å²) in [5.41, 5.74) is 2.66. The molecule has 0 saturated heterocycles. The molecule has 164 valence electrons. The normalized spacial score (nSPS) is 19.6. The van der Waals surface area contributed by atoms with E-state index in [0.29, 0.717) is 17.3 Å². The number of aryl methyl sites for hydroxylation is 1. The second-order valence-corrected chi connectivity index (χ2v) is 9.76. The third-order valence-corrected chi connectivity index (χ3v) is 6.90. The lowest BCUT2D eigenvalue weighted by atomic mass is 9.87. The SMILES string of the molecule is CN[C@H]1CC[C@@H](CS(=O)(=O)NNC(=O)c2cc(-c3cn(C)cn3)cc(Cl)c2F)CC1. The van der Waals surface area contributed by atoms with Gasteiger partial charge in [-0.2, -0.15) is 0 Å². The van der Waals surface area contributed by atoms with Crippen molar-refractivity contribution < 1.29 is 17.6 Å². The molecular weight excluding hydrogens is 433 g/mol. The van der Waals surface area contributed by atoms with Gasteiger partial charge in [0.15, 0.2) is 5.82 Å². The van der Waals surface area contributed by atoms with Crippen molar-refractivity contribution in [1.82, 2.24) is 25.1 Å². The molecule has 1 saturated carbocycles. The molecule has 1 aromatic carbocycles. The van der Waals surface area contributed by atoms with Crippen molar-refractivity contribution in [1.29, 1.82) is 0 Å². The number of hydrogen-bond acceptors (Lipinski definition) is 5. The molecule has 3 rings (SSSR count). The predicted molar refractivity (Wildman–Crippen MR) is 113 cm³/mol. The number of hydrazine groups is 1. The van der Waals surface area contributed by atoms with E-state index in [9.17, 15) is 17.6 Å². The molecule has 0 atom stereocenters. The van der Waals surface area contributed by atoms with E-state index >= 15 is 0 Å². The number of carbonyl (C=O) groups excluding carboxylic acids is 1. The number of nitrogens with one attached hydrogen (secondary N) is 3. The summed E-state index contributed by atoms with van der Waals surface area (Å²) >= 11 is 5.93. The summed E-state index contributed by atoms with van der Waals surface area (Å²) in [4.78, 5) is 18.7. The van der Waals surface area contributed by atoms with Gasteiger partial charge in [0.2, 0.25) is 10.0 Å². The summed E-state index contributed by atoms with van der Waals surface area (Å²) in [6, 6.07) is 3.06. The molecule has 0 spiro atoms. The van der Waals surface area contributed by atoms with Crippen LogP contribution in [0.5, 0.6) is 0 Å². The first-order valence-electron chi connectivity index (χ1n) is 9.63. The number of sulfonamides is 1. The van der Waals surface area contributed by atoms with Crippen LogP contribution in [0.3, 0.4) is 0 Å². The van der Waals surface area contributed by atoms with Crippen molar-refractivity contribution in [2.45, 2.75) is 31.7 Å². The molecule has 0 aliphatic heterocycles. The summed E-state index contributed by atoms with van der Waals surface area (Å²) in [6.45, 7) is 0. The van der Waals surface area contributed by atoms with Gasteiger partial charge < -0.3 is 9.88 Å². The van der Waals surface area contributed by atoms with Crippen molar-refractivity contribution >= 4 is 27.5 Å². The summed E-state index contributed by atoms with van der Waals surface area (Å²) in [7, 11) is -0.0949. The van der Waals surface area contributed by atoms with E-state index in [1.807, 2.05) is 7.05 Å². The zero-order valence-corrected chi connectivity index (χ0v) is 18.4. The highest BCUT2D eigenvalue weighted by Crippen LogP contribution is 2.27. The topological polar surface area (TPSA) is 105 Å². The van der Waals surface area contributed by atoms with Crippen molar-refractivity contribution in [2.75, 3.05) is 12.8 Å². The van der Waals surface area contributed by atoms with E-state index in [2.05, 4.69) is 20.6 Å². The summed E-state index contributed by atoms with van der Waals surface area (Å²) < 4.78 is 40.8. The molecular formula is C19H25ClFN5O3S. The molecule has 30 heavy (non-hydrogen) atoms. The Labute approximate surface area is 180 Å². The van der Waals surface area contributed by atoms with Crippen LogP contribution in [0.2, 0.25) is 5.02 Å². The highest BCUT2D eigenvalue weighted by atomic mass is 35.5. The molecule has 1 amide bonds. The quantitative estimate of drug-likeness (QED) is 0.553. The Morgan fingerprint density at radius 3 is 2.60 bits per heavy atom. The minimum Gasteiger partial charge on any atom is -0.340 e. The second kappa shape index (κ2) is 9.42. The largest absolute Gasteiger partial charge is 0.340 e.